The molecule has 0 aliphatic heterocycles. The van der Waals surface area contributed by atoms with Gasteiger partial charge in [0.15, 0.2) is 0 Å². The third-order valence-corrected chi connectivity index (χ3v) is 2.72. The molecule has 0 saturated heterocycles. The largest absolute Gasteiger partial charge is 0.372 e. The van der Waals surface area contributed by atoms with E-state index in [0.29, 0.717) is 11.3 Å². The second-order valence-corrected chi connectivity index (χ2v) is 4.08. The Labute approximate surface area is 105 Å². The lowest BCUT2D eigenvalue weighted by atomic mass is 10.1. The van der Waals surface area contributed by atoms with Gasteiger partial charge in [-0.05, 0) is 32.4 Å². The van der Waals surface area contributed by atoms with Crippen LogP contribution in [0.4, 0.5) is 11.4 Å². The molecule has 1 aromatic rings. The van der Waals surface area contributed by atoms with Crippen LogP contribution in [0.3, 0.4) is 0 Å². The molecule has 0 aromatic heterocycles. The van der Waals surface area contributed by atoms with E-state index in [4.69, 9.17) is 4.74 Å². The van der Waals surface area contributed by atoms with Crippen molar-refractivity contribution in [3.8, 4) is 0 Å². The molecule has 0 fully saturated rings. The summed E-state index contributed by atoms with van der Waals surface area (Å²) in [4.78, 5) is 22.0. The van der Waals surface area contributed by atoms with Gasteiger partial charge in [-0.2, -0.15) is 0 Å². The Morgan fingerprint density at radius 3 is 2.50 bits per heavy atom. The summed E-state index contributed by atoms with van der Waals surface area (Å²) >= 11 is 0. The first-order valence-electron chi connectivity index (χ1n) is 5.46. The van der Waals surface area contributed by atoms with Gasteiger partial charge in [0.2, 0.25) is 0 Å². The molecule has 0 radical (unpaired) electrons. The van der Waals surface area contributed by atoms with Crippen molar-refractivity contribution in [1.82, 2.24) is 0 Å². The number of rotatable bonds is 4. The maximum Gasteiger partial charge on any atom is 0.274 e. The number of nitro benzene ring substituents is 1. The Bertz CT molecular complexity index is 485. The maximum absolute atomic E-state index is 11.7. The highest BCUT2D eigenvalue weighted by molar-refractivity contribution is 5.95. The monoisotopic (exact) mass is 252 g/mol. The van der Waals surface area contributed by atoms with Crippen molar-refractivity contribution in [3.05, 3.63) is 33.4 Å². The number of benzene rings is 1. The fraction of sp³-hybridized carbons (Fsp3) is 0.417. The van der Waals surface area contributed by atoms with Crippen LogP contribution in [0.25, 0.3) is 0 Å². The summed E-state index contributed by atoms with van der Waals surface area (Å²) in [5, 5.41) is 13.4. The average molecular weight is 252 g/mol. The fourth-order valence-electron chi connectivity index (χ4n) is 1.51. The van der Waals surface area contributed by atoms with E-state index in [2.05, 4.69) is 5.32 Å². The van der Waals surface area contributed by atoms with Gasteiger partial charge in [0.25, 0.3) is 11.6 Å². The molecule has 18 heavy (non-hydrogen) atoms. The molecule has 1 unspecified atom stereocenters. The second kappa shape index (κ2) is 5.59. The predicted molar refractivity (Wildman–Crippen MR) is 67.7 cm³/mol. The molecule has 0 heterocycles. The minimum absolute atomic E-state index is 0.0130. The van der Waals surface area contributed by atoms with Crippen molar-refractivity contribution in [3.63, 3.8) is 0 Å². The van der Waals surface area contributed by atoms with Crippen LogP contribution in [0.1, 0.15) is 18.1 Å². The summed E-state index contributed by atoms with van der Waals surface area (Å²) in [5.74, 6) is -0.334. The van der Waals surface area contributed by atoms with Crippen molar-refractivity contribution >= 4 is 17.3 Å². The number of carbonyl (C=O) groups is 1. The molecule has 1 amide bonds. The molecule has 0 aliphatic rings. The average Bonchev–Trinajstić information content (AvgIpc) is 2.30. The lowest BCUT2D eigenvalue weighted by Gasteiger charge is -2.13. The van der Waals surface area contributed by atoms with E-state index in [-0.39, 0.29) is 11.6 Å². The number of anilines is 1. The molecule has 0 bridgehead atoms. The molecule has 6 heteroatoms. The standard InChI is InChI=1S/C12H16N2O4/c1-7-5-8(2)11(14(16)17)6-10(7)13-12(15)9(3)18-4/h5-6,9H,1-4H3,(H,13,15). The molecular formula is C12H16N2O4. The first-order valence-corrected chi connectivity index (χ1v) is 5.46. The zero-order chi connectivity index (χ0) is 13.9. The van der Waals surface area contributed by atoms with Gasteiger partial charge in [-0.1, -0.05) is 0 Å². The van der Waals surface area contributed by atoms with Gasteiger partial charge < -0.3 is 10.1 Å². The number of aryl methyl sites for hydroxylation is 2. The van der Waals surface area contributed by atoms with E-state index >= 15 is 0 Å². The van der Waals surface area contributed by atoms with Gasteiger partial charge in [-0.3, -0.25) is 14.9 Å². The fourth-order valence-corrected chi connectivity index (χ4v) is 1.51. The molecule has 1 rings (SSSR count). The summed E-state index contributed by atoms with van der Waals surface area (Å²) in [7, 11) is 1.43. The molecule has 1 aromatic carbocycles. The van der Waals surface area contributed by atoms with Crippen molar-refractivity contribution in [2.45, 2.75) is 26.9 Å². The highest BCUT2D eigenvalue weighted by atomic mass is 16.6. The topological polar surface area (TPSA) is 81.5 Å². The maximum atomic E-state index is 11.7. The SMILES string of the molecule is COC(C)C(=O)Nc1cc([N+](=O)[O-])c(C)cc1C. The number of methoxy groups -OCH3 is 1. The number of ether oxygens (including phenoxy) is 1. The van der Waals surface area contributed by atoms with Crippen LogP contribution >= 0.6 is 0 Å². The molecule has 1 atom stereocenters. The smallest absolute Gasteiger partial charge is 0.274 e. The van der Waals surface area contributed by atoms with Crippen molar-refractivity contribution in [1.29, 1.82) is 0 Å². The third-order valence-electron chi connectivity index (χ3n) is 2.72. The zero-order valence-corrected chi connectivity index (χ0v) is 10.8. The van der Waals surface area contributed by atoms with Crippen LogP contribution in [0.5, 0.6) is 0 Å². The van der Waals surface area contributed by atoms with Gasteiger partial charge in [0, 0.05) is 18.7 Å². The predicted octanol–water partition coefficient (Wildman–Crippen LogP) is 2.19. The van der Waals surface area contributed by atoms with E-state index in [1.165, 1.54) is 13.2 Å². The molecule has 98 valence electrons. The van der Waals surface area contributed by atoms with Crippen LogP contribution < -0.4 is 5.32 Å². The van der Waals surface area contributed by atoms with Crippen molar-refractivity contribution < 1.29 is 14.5 Å². The Kier molecular flexibility index (Phi) is 4.38. The Morgan fingerprint density at radius 2 is 2.00 bits per heavy atom. The van der Waals surface area contributed by atoms with Crippen LogP contribution in [0, 0.1) is 24.0 Å². The van der Waals surface area contributed by atoms with Crippen LogP contribution in [0.2, 0.25) is 0 Å². The van der Waals surface area contributed by atoms with Gasteiger partial charge in [-0.25, -0.2) is 0 Å². The van der Waals surface area contributed by atoms with Gasteiger partial charge in [-0.15, -0.1) is 0 Å². The number of hydrogen-bond acceptors (Lipinski definition) is 4. The van der Waals surface area contributed by atoms with E-state index in [9.17, 15) is 14.9 Å². The zero-order valence-electron chi connectivity index (χ0n) is 10.8. The number of nitro groups is 1. The first-order chi connectivity index (χ1) is 8.36. The van der Waals surface area contributed by atoms with E-state index in [0.717, 1.165) is 5.56 Å². The number of nitrogens with zero attached hydrogens (tertiary/aromatic N) is 1. The van der Waals surface area contributed by atoms with E-state index < -0.39 is 11.0 Å². The third kappa shape index (κ3) is 3.04. The number of hydrogen-bond donors (Lipinski definition) is 1. The Balaban J connectivity index is 3.06. The minimum Gasteiger partial charge on any atom is -0.372 e. The molecule has 0 aliphatic carbocycles. The molecular weight excluding hydrogens is 236 g/mol. The number of amides is 1. The molecule has 1 N–H and O–H groups in total. The van der Waals surface area contributed by atoms with Crippen LogP contribution in [-0.2, 0) is 9.53 Å². The summed E-state index contributed by atoms with van der Waals surface area (Å²) < 4.78 is 4.88. The van der Waals surface area contributed by atoms with Gasteiger partial charge in [0.05, 0.1) is 10.6 Å². The van der Waals surface area contributed by atoms with Crippen molar-refractivity contribution in [2.24, 2.45) is 0 Å². The summed E-state index contributed by atoms with van der Waals surface area (Å²) in [6.45, 7) is 5.05. The van der Waals surface area contributed by atoms with Gasteiger partial charge >= 0.3 is 0 Å². The molecule has 0 saturated carbocycles. The molecule has 0 spiro atoms. The number of carbonyl (C=O) groups excluding carboxylic acids is 1. The summed E-state index contributed by atoms with van der Waals surface area (Å²) in [6.07, 6.45) is -0.607. The quantitative estimate of drug-likeness (QED) is 0.657. The molecule has 6 nitrogen and oxygen atoms in total. The highest BCUT2D eigenvalue weighted by Crippen LogP contribution is 2.26. The van der Waals surface area contributed by atoms with Crippen LogP contribution in [-0.4, -0.2) is 24.0 Å². The number of nitrogens with one attached hydrogen (secondary N) is 1. The lowest BCUT2D eigenvalue weighted by molar-refractivity contribution is -0.385. The second-order valence-electron chi connectivity index (χ2n) is 4.08. The summed E-state index contributed by atoms with van der Waals surface area (Å²) in [6, 6.07) is 3.04. The van der Waals surface area contributed by atoms with Gasteiger partial charge in [0.1, 0.15) is 6.10 Å². The highest BCUT2D eigenvalue weighted by Gasteiger charge is 2.17. The minimum atomic E-state index is -0.607. The first kappa shape index (κ1) is 14.1. The Morgan fingerprint density at radius 1 is 1.39 bits per heavy atom. The van der Waals surface area contributed by atoms with Crippen LogP contribution in [0.15, 0.2) is 12.1 Å². The lowest BCUT2D eigenvalue weighted by Crippen LogP contribution is -2.26. The normalized spacial score (nSPS) is 12.0. The van der Waals surface area contributed by atoms with E-state index in [1.807, 2.05) is 0 Å². The summed E-state index contributed by atoms with van der Waals surface area (Å²) in [5.41, 5.74) is 1.76. The Hall–Kier alpha value is -1.95. The van der Waals surface area contributed by atoms with Crippen molar-refractivity contribution in [2.75, 3.05) is 12.4 Å². The van der Waals surface area contributed by atoms with E-state index in [1.54, 1.807) is 26.8 Å².